The number of aryl methyl sites for hydroxylation is 1. The van der Waals surface area contributed by atoms with Crippen LogP contribution in [0, 0.1) is 6.92 Å². The summed E-state index contributed by atoms with van der Waals surface area (Å²) in [5.74, 6) is -0.261. The average Bonchev–Trinajstić information content (AvgIpc) is 2.96. The van der Waals surface area contributed by atoms with Crippen molar-refractivity contribution in [1.82, 2.24) is 4.90 Å². The molecule has 0 N–H and O–H groups in total. The van der Waals surface area contributed by atoms with Crippen molar-refractivity contribution in [2.75, 3.05) is 13.7 Å². The van der Waals surface area contributed by atoms with Crippen LogP contribution in [0.2, 0.25) is 0 Å². The van der Waals surface area contributed by atoms with Crippen molar-refractivity contribution in [3.8, 4) is 5.75 Å². The summed E-state index contributed by atoms with van der Waals surface area (Å²) < 4.78 is 9.80. The molecule has 0 spiro atoms. The van der Waals surface area contributed by atoms with Crippen LogP contribution in [0.25, 0.3) is 6.08 Å². The Labute approximate surface area is 167 Å². The van der Waals surface area contributed by atoms with E-state index >= 15 is 0 Å². The molecule has 1 saturated heterocycles. The lowest BCUT2D eigenvalue weighted by atomic mass is 10.1. The molecule has 2 amide bonds. The summed E-state index contributed by atoms with van der Waals surface area (Å²) in [5, 5.41) is -0.283. The van der Waals surface area contributed by atoms with E-state index in [0.29, 0.717) is 10.7 Å². The lowest BCUT2D eigenvalue weighted by Gasteiger charge is -2.12. The Morgan fingerprint density at radius 3 is 2.39 bits per heavy atom. The normalized spacial score (nSPS) is 15.2. The highest BCUT2D eigenvalue weighted by molar-refractivity contribution is 8.18. The largest absolute Gasteiger partial charge is 0.482 e. The van der Waals surface area contributed by atoms with Crippen molar-refractivity contribution in [3.63, 3.8) is 0 Å². The Kier molecular flexibility index (Phi) is 6.16. The van der Waals surface area contributed by atoms with Crippen molar-refractivity contribution in [2.45, 2.75) is 13.5 Å². The Bertz CT molecular complexity index is 919. The summed E-state index contributed by atoms with van der Waals surface area (Å²) in [5.41, 5.74) is 2.78. The van der Waals surface area contributed by atoms with Crippen molar-refractivity contribution >= 4 is 35.0 Å². The fourth-order valence-corrected chi connectivity index (χ4v) is 3.36. The molecule has 28 heavy (non-hydrogen) atoms. The third-order valence-corrected chi connectivity index (χ3v) is 5.00. The Morgan fingerprint density at radius 1 is 1.07 bits per heavy atom. The average molecular weight is 397 g/mol. The first kappa shape index (κ1) is 19.7. The van der Waals surface area contributed by atoms with Gasteiger partial charge < -0.3 is 9.47 Å². The molecule has 144 valence electrons. The van der Waals surface area contributed by atoms with Crippen molar-refractivity contribution < 1.29 is 23.9 Å². The van der Waals surface area contributed by atoms with Gasteiger partial charge in [-0.25, -0.2) is 4.79 Å². The molecule has 1 fully saturated rings. The lowest BCUT2D eigenvalue weighted by Crippen LogP contribution is -2.27. The molecule has 1 aliphatic rings. The van der Waals surface area contributed by atoms with Crippen LogP contribution in [0.1, 0.15) is 16.7 Å². The number of esters is 1. The van der Waals surface area contributed by atoms with Crippen LogP contribution in [-0.2, 0) is 20.9 Å². The maximum absolute atomic E-state index is 12.6. The third kappa shape index (κ3) is 4.80. The molecule has 1 heterocycles. The van der Waals surface area contributed by atoms with Gasteiger partial charge in [-0.2, -0.15) is 0 Å². The van der Waals surface area contributed by atoms with E-state index in [9.17, 15) is 14.4 Å². The molecule has 0 saturated carbocycles. The van der Waals surface area contributed by atoms with Gasteiger partial charge in [-0.3, -0.25) is 14.5 Å². The second-order valence-electron chi connectivity index (χ2n) is 6.19. The minimum Gasteiger partial charge on any atom is -0.482 e. The number of carbonyl (C=O) groups excluding carboxylic acids is 3. The fourth-order valence-electron chi connectivity index (χ4n) is 2.53. The second-order valence-corrected chi connectivity index (χ2v) is 7.18. The van der Waals surface area contributed by atoms with E-state index < -0.39 is 5.97 Å². The van der Waals surface area contributed by atoms with Gasteiger partial charge in [0.2, 0.25) is 0 Å². The van der Waals surface area contributed by atoms with Gasteiger partial charge in [-0.05, 0) is 48.0 Å². The minimum absolute atomic E-state index is 0.173. The topological polar surface area (TPSA) is 72.9 Å². The van der Waals surface area contributed by atoms with Crippen molar-refractivity contribution in [3.05, 3.63) is 70.1 Å². The van der Waals surface area contributed by atoms with Crippen LogP contribution in [0.4, 0.5) is 4.79 Å². The number of hydrogen-bond acceptors (Lipinski definition) is 6. The molecule has 7 heteroatoms. The predicted molar refractivity (Wildman–Crippen MR) is 107 cm³/mol. The first-order valence-corrected chi connectivity index (χ1v) is 9.38. The summed E-state index contributed by atoms with van der Waals surface area (Å²) in [6.45, 7) is 2.06. The summed E-state index contributed by atoms with van der Waals surface area (Å²) in [7, 11) is 1.29. The Morgan fingerprint density at radius 2 is 1.75 bits per heavy atom. The van der Waals surface area contributed by atoms with Crippen LogP contribution in [-0.4, -0.2) is 35.7 Å². The van der Waals surface area contributed by atoms with Crippen LogP contribution < -0.4 is 4.74 Å². The van der Waals surface area contributed by atoms with Gasteiger partial charge >= 0.3 is 5.97 Å². The zero-order valence-electron chi connectivity index (χ0n) is 15.5. The summed E-state index contributed by atoms with van der Waals surface area (Å²) in [6, 6.07) is 14.6. The molecule has 1 aliphatic heterocycles. The van der Waals surface area contributed by atoms with Crippen LogP contribution in [0.15, 0.2) is 53.4 Å². The van der Waals surface area contributed by atoms with Gasteiger partial charge in [0.1, 0.15) is 5.75 Å². The molecule has 0 unspecified atom stereocenters. The zero-order valence-corrected chi connectivity index (χ0v) is 16.3. The number of carbonyl (C=O) groups is 3. The third-order valence-electron chi connectivity index (χ3n) is 4.10. The Balaban J connectivity index is 1.67. The first-order chi connectivity index (χ1) is 13.5. The van der Waals surface area contributed by atoms with E-state index in [1.165, 1.54) is 12.0 Å². The monoisotopic (exact) mass is 397 g/mol. The van der Waals surface area contributed by atoms with Crippen LogP contribution in [0.5, 0.6) is 5.75 Å². The van der Waals surface area contributed by atoms with E-state index in [0.717, 1.165) is 28.5 Å². The number of benzene rings is 2. The van der Waals surface area contributed by atoms with Gasteiger partial charge in [-0.1, -0.05) is 42.0 Å². The highest BCUT2D eigenvalue weighted by Gasteiger charge is 2.34. The summed E-state index contributed by atoms with van der Waals surface area (Å²) in [6.07, 6.45) is 1.67. The number of hydrogen-bond donors (Lipinski definition) is 0. The first-order valence-electron chi connectivity index (χ1n) is 8.57. The van der Waals surface area contributed by atoms with E-state index in [1.807, 2.05) is 31.2 Å². The number of thioether (sulfide) groups is 1. The van der Waals surface area contributed by atoms with E-state index in [-0.39, 0.29) is 24.3 Å². The van der Waals surface area contributed by atoms with Gasteiger partial charge in [0.25, 0.3) is 11.1 Å². The van der Waals surface area contributed by atoms with Crippen LogP contribution >= 0.6 is 11.8 Å². The molecule has 0 aromatic heterocycles. The SMILES string of the molecule is COC(=O)COc1ccc(/C=C2\SC(=O)N(Cc3ccc(C)cc3)C2=O)cc1. The molecule has 2 aromatic rings. The zero-order chi connectivity index (χ0) is 20.1. The highest BCUT2D eigenvalue weighted by Crippen LogP contribution is 2.33. The number of imide groups is 1. The van der Waals surface area contributed by atoms with Gasteiger partial charge in [0, 0.05) is 0 Å². The van der Waals surface area contributed by atoms with Gasteiger partial charge in [0.15, 0.2) is 6.61 Å². The number of nitrogens with zero attached hydrogens (tertiary/aromatic N) is 1. The minimum atomic E-state index is -0.466. The van der Waals surface area contributed by atoms with Gasteiger partial charge in [0.05, 0.1) is 18.6 Å². The molecule has 2 aromatic carbocycles. The second kappa shape index (κ2) is 8.75. The number of methoxy groups -OCH3 is 1. The molecule has 3 rings (SSSR count). The van der Waals surface area contributed by atoms with Crippen LogP contribution in [0.3, 0.4) is 0 Å². The standard InChI is InChI=1S/C21H19NO5S/c1-14-3-5-16(6-4-14)12-22-20(24)18(28-21(22)25)11-15-7-9-17(10-8-15)27-13-19(23)26-2/h3-11H,12-13H2,1-2H3/b18-11-. The predicted octanol–water partition coefficient (Wildman–Crippen LogP) is 3.78. The molecular weight excluding hydrogens is 378 g/mol. The number of rotatable bonds is 6. The smallest absolute Gasteiger partial charge is 0.343 e. The fraction of sp³-hybridized carbons (Fsp3) is 0.190. The maximum atomic E-state index is 12.6. The van der Waals surface area contributed by atoms with E-state index in [4.69, 9.17) is 4.74 Å². The van der Waals surface area contributed by atoms with E-state index in [1.54, 1.807) is 30.3 Å². The summed E-state index contributed by atoms with van der Waals surface area (Å²) >= 11 is 0.926. The molecule has 0 aliphatic carbocycles. The molecule has 0 atom stereocenters. The lowest BCUT2D eigenvalue weighted by molar-refractivity contribution is -0.142. The quantitative estimate of drug-likeness (QED) is 0.546. The van der Waals surface area contributed by atoms with Crippen molar-refractivity contribution in [1.29, 1.82) is 0 Å². The number of ether oxygens (including phenoxy) is 2. The van der Waals surface area contributed by atoms with Crippen molar-refractivity contribution in [2.24, 2.45) is 0 Å². The molecule has 0 radical (unpaired) electrons. The summed E-state index contributed by atoms with van der Waals surface area (Å²) in [4.78, 5) is 37.6. The van der Waals surface area contributed by atoms with Gasteiger partial charge in [-0.15, -0.1) is 0 Å². The maximum Gasteiger partial charge on any atom is 0.343 e. The highest BCUT2D eigenvalue weighted by atomic mass is 32.2. The van der Waals surface area contributed by atoms with E-state index in [2.05, 4.69) is 4.74 Å². The molecule has 0 bridgehead atoms. The molecular formula is C21H19NO5S. The molecule has 6 nitrogen and oxygen atoms in total. The number of amides is 2. The Hall–Kier alpha value is -3.06.